The average Bonchev–Trinajstić information content (AvgIpc) is 3.00. The van der Waals surface area contributed by atoms with Crippen LogP contribution in [0.2, 0.25) is 0 Å². The van der Waals surface area contributed by atoms with Crippen molar-refractivity contribution in [3.8, 4) is 5.75 Å². The molecule has 1 aromatic heterocycles. The van der Waals surface area contributed by atoms with E-state index in [0.29, 0.717) is 37.9 Å². The van der Waals surface area contributed by atoms with Crippen LogP contribution >= 0.6 is 0 Å². The van der Waals surface area contributed by atoms with Crippen molar-refractivity contribution in [1.29, 1.82) is 0 Å². The van der Waals surface area contributed by atoms with Crippen molar-refractivity contribution in [2.45, 2.75) is 6.54 Å². The summed E-state index contributed by atoms with van der Waals surface area (Å²) in [7, 11) is 2.02. The van der Waals surface area contributed by atoms with E-state index in [4.69, 9.17) is 4.74 Å². The van der Waals surface area contributed by atoms with E-state index >= 15 is 0 Å². The van der Waals surface area contributed by atoms with E-state index in [2.05, 4.69) is 28.1 Å². The first-order valence-electron chi connectivity index (χ1n) is 9.03. The summed E-state index contributed by atoms with van der Waals surface area (Å²) < 4.78 is 20.6. The molecule has 6 heteroatoms. The van der Waals surface area contributed by atoms with Crippen LogP contribution in [0.5, 0.6) is 5.75 Å². The molecule has 0 bridgehead atoms. The van der Waals surface area contributed by atoms with Crippen molar-refractivity contribution in [1.82, 2.24) is 14.8 Å². The maximum atomic E-state index is 12.9. The van der Waals surface area contributed by atoms with Crippen LogP contribution in [0, 0.1) is 11.7 Å². The summed E-state index contributed by atoms with van der Waals surface area (Å²) in [5.41, 5.74) is 2.26. The van der Waals surface area contributed by atoms with E-state index < -0.39 is 0 Å². The standard InChI is InChI=1S/C21H22FN3O2/c1-24-9-8-17-10-15(2-7-20(17)24)11-23-21(26)25-12-16(13-25)14-27-19-5-3-18(22)4-6-19/h2-10,16H,11-14H2,1H3,(H,23,26). The molecule has 1 aliphatic heterocycles. The van der Waals surface area contributed by atoms with Gasteiger partial charge in [-0.3, -0.25) is 0 Å². The van der Waals surface area contributed by atoms with E-state index in [0.717, 1.165) is 5.56 Å². The highest BCUT2D eigenvalue weighted by atomic mass is 19.1. The van der Waals surface area contributed by atoms with Crippen LogP contribution in [0.3, 0.4) is 0 Å². The zero-order chi connectivity index (χ0) is 18.8. The number of aryl methyl sites for hydroxylation is 1. The molecule has 140 valence electrons. The van der Waals surface area contributed by atoms with Gasteiger partial charge in [-0.2, -0.15) is 0 Å². The number of rotatable bonds is 5. The molecule has 1 aliphatic rings. The second kappa shape index (κ2) is 7.31. The minimum Gasteiger partial charge on any atom is -0.493 e. The summed E-state index contributed by atoms with van der Waals surface area (Å²) in [4.78, 5) is 14.0. The number of aromatic nitrogens is 1. The van der Waals surface area contributed by atoms with Gasteiger partial charge in [-0.25, -0.2) is 9.18 Å². The van der Waals surface area contributed by atoms with Gasteiger partial charge in [0.25, 0.3) is 0 Å². The molecular weight excluding hydrogens is 345 g/mol. The number of halogens is 1. The molecule has 1 fully saturated rings. The number of fused-ring (bicyclic) bond motifs is 1. The van der Waals surface area contributed by atoms with Crippen molar-refractivity contribution >= 4 is 16.9 Å². The highest BCUT2D eigenvalue weighted by Crippen LogP contribution is 2.19. The number of hydrogen-bond donors (Lipinski definition) is 1. The van der Waals surface area contributed by atoms with Crippen LogP contribution in [0.15, 0.2) is 54.7 Å². The molecule has 1 N–H and O–H groups in total. The van der Waals surface area contributed by atoms with Crippen molar-refractivity contribution in [2.24, 2.45) is 13.0 Å². The fourth-order valence-corrected chi connectivity index (χ4v) is 3.32. The molecule has 3 aromatic rings. The van der Waals surface area contributed by atoms with Gasteiger partial charge in [0.15, 0.2) is 0 Å². The minimum atomic E-state index is -0.278. The van der Waals surface area contributed by atoms with Crippen molar-refractivity contribution < 1.29 is 13.9 Å². The Balaban J connectivity index is 1.21. The van der Waals surface area contributed by atoms with Crippen LogP contribution in [-0.2, 0) is 13.6 Å². The van der Waals surface area contributed by atoms with Gasteiger partial charge < -0.3 is 19.5 Å². The lowest BCUT2D eigenvalue weighted by Crippen LogP contribution is -2.55. The van der Waals surface area contributed by atoms with Crippen LogP contribution < -0.4 is 10.1 Å². The molecule has 0 atom stereocenters. The van der Waals surface area contributed by atoms with Crippen molar-refractivity contribution in [2.75, 3.05) is 19.7 Å². The van der Waals surface area contributed by atoms with Crippen LogP contribution in [-0.4, -0.2) is 35.2 Å². The molecule has 0 radical (unpaired) electrons. The van der Waals surface area contributed by atoms with Gasteiger partial charge in [-0.1, -0.05) is 6.07 Å². The van der Waals surface area contributed by atoms with E-state index in [-0.39, 0.29) is 11.8 Å². The minimum absolute atomic E-state index is 0.0545. The van der Waals surface area contributed by atoms with Gasteiger partial charge in [0.05, 0.1) is 6.61 Å². The lowest BCUT2D eigenvalue weighted by atomic mass is 10.0. The monoisotopic (exact) mass is 367 g/mol. The van der Waals surface area contributed by atoms with Gasteiger partial charge in [0.2, 0.25) is 0 Å². The third-order valence-electron chi connectivity index (χ3n) is 4.94. The number of amides is 2. The first kappa shape index (κ1) is 17.4. The number of hydrogen-bond acceptors (Lipinski definition) is 2. The Morgan fingerprint density at radius 2 is 1.96 bits per heavy atom. The Hall–Kier alpha value is -3.02. The Morgan fingerprint density at radius 3 is 2.74 bits per heavy atom. The number of nitrogens with zero attached hydrogens (tertiary/aromatic N) is 2. The number of carbonyl (C=O) groups excluding carboxylic acids is 1. The smallest absolute Gasteiger partial charge is 0.317 e. The molecule has 0 unspecified atom stereocenters. The number of urea groups is 1. The van der Waals surface area contributed by atoms with E-state index in [1.807, 2.05) is 19.3 Å². The molecule has 5 nitrogen and oxygen atoms in total. The van der Waals surface area contributed by atoms with Crippen LogP contribution in [0.1, 0.15) is 5.56 Å². The zero-order valence-electron chi connectivity index (χ0n) is 15.2. The third-order valence-corrected chi connectivity index (χ3v) is 4.94. The second-order valence-corrected chi connectivity index (χ2v) is 7.01. The molecule has 2 aromatic carbocycles. The van der Waals surface area contributed by atoms with Gasteiger partial charge in [0.1, 0.15) is 11.6 Å². The summed E-state index contributed by atoms with van der Waals surface area (Å²) in [5.74, 6) is 0.678. The molecule has 0 saturated carbocycles. The van der Waals surface area contributed by atoms with E-state index in [9.17, 15) is 9.18 Å². The van der Waals surface area contributed by atoms with Crippen molar-refractivity contribution in [3.05, 3.63) is 66.1 Å². The van der Waals surface area contributed by atoms with Crippen LogP contribution in [0.25, 0.3) is 10.9 Å². The molecule has 1 saturated heterocycles. The number of benzene rings is 2. The quantitative estimate of drug-likeness (QED) is 0.750. The predicted octanol–water partition coefficient (Wildman–Crippen LogP) is 3.54. The van der Waals surface area contributed by atoms with Gasteiger partial charge in [0, 0.05) is 44.3 Å². The average molecular weight is 367 g/mol. The Labute approximate surface area is 157 Å². The summed E-state index contributed by atoms with van der Waals surface area (Å²) in [5, 5.41) is 4.14. The molecule has 27 heavy (non-hydrogen) atoms. The molecule has 0 aliphatic carbocycles. The molecule has 0 spiro atoms. The third kappa shape index (κ3) is 3.89. The second-order valence-electron chi connectivity index (χ2n) is 7.01. The summed E-state index contributed by atoms with van der Waals surface area (Å²) >= 11 is 0. The molecule has 2 heterocycles. The first-order valence-corrected chi connectivity index (χ1v) is 9.03. The Kier molecular flexibility index (Phi) is 4.71. The number of nitrogens with one attached hydrogen (secondary N) is 1. The largest absolute Gasteiger partial charge is 0.493 e. The van der Waals surface area contributed by atoms with Gasteiger partial charge >= 0.3 is 6.03 Å². The number of likely N-dealkylation sites (tertiary alicyclic amines) is 1. The maximum Gasteiger partial charge on any atom is 0.317 e. The first-order chi connectivity index (χ1) is 13.1. The number of carbonyl (C=O) groups is 1. The Bertz CT molecular complexity index is 946. The topological polar surface area (TPSA) is 46.5 Å². The summed E-state index contributed by atoms with van der Waals surface area (Å²) in [6.45, 7) is 2.38. The van der Waals surface area contributed by atoms with Gasteiger partial charge in [-0.05, 0) is 53.4 Å². The molecule has 4 rings (SSSR count). The molecule has 2 amide bonds. The van der Waals surface area contributed by atoms with Crippen molar-refractivity contribution in [3.63, 3.8) is 0 Å². The highest BCUT2D eigenvalue weighted by Gasteiger charge is 2.30. The van der Waals surface area contributed by atoms with E-state index in [1.54, 1.807) is 17.0 Å². The SMILES string of the molecule is Cn1ccc2cc(CNC(=O)N3CC(COc4ccc(F)cc4)C3)ccc21. The summed E-state index contributed by atoms with van der Waals surface area (Å²) in [6, 6.07) is 14.2. The number of ether oxygens (including phenoxy) is 1. The zero-order valence-corrected chi connectivity index (χ0v) is 15.2. The van der Waals surface area contributed by atoms with Gasteiger partial charge in [-0.15, -0.1) is 0 Å². The lowest BCUT2D eigenvalue weighted by molar-refractivity contribution is 0.0854. The van der Waals surface area contributed by atoms with Crippen LogP contribution in [0.4, 0.5) is 9.18 Å². The Morgan fingerprint density at radius 1 is 1.19 bits per heavy atom. The fraction of sp³-hybridized carbons (Fsp3) is 0.286. The summed E-state index contributed by atoms with van der Waals surface area (Å²) in [6.07, 6.45) is 2.03. The normalized spacial score (nSPS) is 14.2. The maximum absolute atomic E-state index is 12.9. The van der Waals surface area contributed by atoms with E-state index in [1.165, 1.54) is 23.0 Å². The fourth-order valence-electron chi connectivity index (χ4n) is 3.32. The lowest BCUT2D eigenvalue weighted by Gasteiger charge is -2.38. The predicted molar refractivity (Wildman–Crippen MR) is 102 cm³/mol. The molecular formula is C21H22FN3O2. The highest BCUT2D eigenvalue weighted by molar-refractivity contribution is 5.81.